The van der Waals surface area contributed by atoms with E-state index in [-0.39, 0.29) is 16.7 Å². The minimum Gasteiger partial charge on any atom is -0.380 e. The van der Waals surface area contributed by atoms with Crippen molar-refractivity contribution in [3.63, 3.8) is 0 Å². The van der Waals surface area contributed by atoms with Crippen LogP contribution in [0.1, 0.15) is 23.0 Å². The number of non-ortho nitro benzene ring substituents is 1. The van der Waals surface area contributed by atoms with Crippen LogP contribution in [-0.2, 0) is 0 Å². The summed E-state index contributed by atoms with van der Waals surface area (Å²) in [7, 11) is 0. The average Bonchev–Trinajstić information content (AvgIpc) is 2.66. The van der Waals surface area contributed by atoms with Gasteiger partial charge in [-0.1, -0.05) is 36.4 Å². The predicted octanol–water partition coefficient (Wildman–Crippen LogP) is 2.48. The van der Waals surface area contributed by atoms with E-state index in [1.165, 1.54) is 12.1 Å². The lowest BCUT2D eigenvalue weighted by atomic mass is 10.0. The number of Topliss-reactive ketones (excluding diaryl/α,β-unsaturated/α-hetero) is 1. The fourth-order valence-electron chi connectivity index (χ4n) is 2.58. The monoisotopic (exact) mass is 365 g/mol. The summed E-state index contributed by atoms with van der Waals surface area (Å²) in [6, 6.07) is 12.8. The van der Waals surface area contributed by atoms with E-state index in [1.54, 1.807) is 13.0 Å². The molecule has 0 saturated carbocycles. The number of nitrogens with zero attached hydrogens (tertiary/aromatic N) is 2. The molecule has 0 bridgehead atoms. The van der Waals surface area contributed by atoms with E-state index in [1.807, 2.05) is 30.3 Å². The van der Waals surface area contributed by atoms with Crippen molar-refractivity contribution in [1.82, 2.24) is 9.97 Å². The lowest BCUT2D eigenvalue weighted by Gasteiger charge is -2.10. The Balaban J connectivity index is 1.96. The van der Waals surface area contributed by atoms with Crippen LogP contribution in [0.15, 0.2) is 58.9 Å². The van der Waals surface area contributed by atoms with E-state index in [0.717, 1.165) is 11.6 Å². The molecule has 0 aliphatic rings. The largest absolute Gasteiger partial charge is 0.380 e. The van der Waals surface area contributed by atoms with Gasteiger partial charge in [0.25, 0.3) is 11.2 Å². The van der Waals surface area contributed by atoms with Crippen LogP contribution < -0.4 is 5.56 Å². The zero-order chi connectivity index (χ0) is 19.6. The Morgan fingerprint density at radius 2 is 1.96 bits per heavy atom. The Hall–Kier alpha value is -3.65. The number of aliphatic hydroxyl groups excluding tert-OH is 1. The van der Waals surface area contributed by atoms with Crippen molar-refractivity contribution < 1.29 is 14.8 Å². The third-order valence-electron chi connectivity index (χ3n) is 3.99. The van der Waals surface area contributed by atoms with Crippen molar-refractivity contribution in [2.45, 2.75) is 13.0 Å². The lowest BCUT2D eigenvalue weighted by molar-refractivity contribution is -0.384. The first-order valence-electron chi connectivity index (χ1n) is 8.01. The van der Waals surface area contributed by atoms with Gasteiger partial charge in [0, 0.05) is 12.1 Å². The fraction of sp³-hybridized carbons (Fsp3) is 0.105. The minimum atomic E-state index is -1.53. The SMILES string of the molecule is C/C(=C/c1ccccc1)[C@@H](O)C(=O)c1nc2ccc([N+](=O)[O-])cc2[nH]c1=O. The summed E-state index contributed by atoms with van der Waals surface area (Å²) in [6.07, 6.45) is 0.107. The van der Waals surface area contributed by atoms with Gasteiger partial charge in [-0.2, -0.15) is 0 Å². The van der Waals surface area contributed by atoms with Crippen LogP contribution in [0.3, 0.4) is 0 Å². The summed E-state index contributed by atoms with van der Waals surface area (Å²) < 4.78 is 0. The van der Waals surface area contributed by atoms with Gasteiger partial charge in [0.1, 0.15) is 6.10 Å². The zero-order valence-electron chi connectivity index (χ0n) is 14.2. The van der Waals surface area contributed by atoms with Gasteiger partial charge >= 0.3 is 0 Å². The molecule has 0 aliphatic carbocycles. The molecule has 1 aromatic heterocycles. The molecule has 2 aromatic carbocycles. The second-order valence-electron chi connectivity index (χ2n) is 5.94. The van der Waals surface area contributed by atoms with E-state index in [2.05, 4.69) is 9.97 Å². The first-order valence-corrected chi connectivity index (χ1v) is 8.01. The van der Waals surface area contributed by atoms with Crippen molar-refractivity contribution in [2.24, 2.45) is 0 Å². The maximum atomic E-state index is 12.5. The number of hydrogen-bond acceptors (Lipinski definition) is 6. The number of carbonyl (C=O) groups is 1. The molecule has 0 aliphatic heterocycles. The van der Waals surface area contributed by atoms with Gasteiger partial charge in [-0.3, -0.25) is 19.7 Å². The molecule has 0 spiro atoms. The molecule has 0 fully saturated rings. The van der Waals surface area contributed by atoms with Crippen LogP contribution in [0.25, 0.3) is 17.1 Å². The van der Waals surface area contributed by atoms with Crippen molar-refractivity contribution in [2.75, 3.05) is 0 Å². The number of H-pyrrole nitrogens is 1. The normalized spacial score (nSPS) is 12.7. The van der Waals surface area contributed by atoms with Crippen molar-refractivity contribution in [3.8, 4) is 0 Å². The lowest BCUT2D eigenvalue weighted by Crippen LogP contribution is -2.29. The number of aromatic amines is 1. The third-order valence-corrected chi connectivity index (χ3v) is 3.99. The molecule has 0 saturated heterocycles. The number of nitrogens with one attached hydrogen (secondary N) is 1. The van der Waals surface area contributed by atoms with Gasteiger partial charge in [0.05, 0.1) is 16.0 Å². The Labute approximate surface area is 153 Å². The summed E-state index contributed by atoms with van der Waals surface area (Å²) in [5.41, 5.74) is 0.0212. The molecule has 136 valence electrons. The third kappa shape index (κ3) is 3.80. The number of ketones is 1. The molecule has 1 atom stereocenters. The number of aliphatic hydroxyl groups is 1. The van der Waals surface area contributed by atoms with E-state index >= 15 is 0 Å². The molecule has 27 heavy (non-hydrogen) atoms. The van der Waals surface area contributed by atoms with Crippen LogP contribution >= 0.6 is 0 Å². The summed E-state index contributed by atoms with van der Waals surface area (Å²) in [6.45, 7) is 1.58. The molecule has 0 unspecified atom stereocenters. The summed E-state index contributed by atoms with van der Waals surface area (Å²) in [5.74, 6) is -0.846. The standard InChI is InChI=1S/C19H15N3O5/c1-11(9-12-5-3-2-4-6-12)17(23)18(24)16-19(25)21-15-10-13(22(26)27)7-8-14(15)20-16/h2-10,17,23H,1H3,(H,21,25)/b11-9-/t17-/m1/s1. The maximum Gasteiger partial charge on any atom is 0.278 e. The summed E-state index contributed by atoms with van der Waals surface area (Å²) >= 11 is 0. The van der Waals surface area contributed by atoms with Crippen LogP contribution in [0.2, 0.25) is 0 Å². The zero-order valence-corrected chi connectivity index (χ0v) is 14.2. The molecule has 8 heteroatoms. The van der Waals surface area contributed by atoms with Gasteiger partial charge in [-0.05, 0) is 24.1 Å². The van der Waals surface area contributed by atoms with Gasteiger partial charge in [0.15, 0.2) is 5.69 Å². The number of rotatable bonds is 5. The molecular weight excluding hydrogens is 350 g/mol. The highest BCUT2D eigenvalue weighted by Gasteiger charge is 2.24. The minimum absolute atomic E-state index is 0.136. The Morgan fingerprint density at radius 3 is 2.63 bits per heavy atom. The molecule has 0 radical (unpaired) electrons. The number of aromatic nitrogens is 2. The van der Waals surface area contributed by atoms with Gasteiger partial charge in [-0.25, -0.2) is 4.98 Å². The van der Waals surface area contributed by atoms with Gasteiger partial charge < -0.3 is 10.1 Å². The van der Waals surface area contributed by atoms with Crippen molar-refractivity contribution in [1.29, 1.82) is 0 Å². The number of nitro groups is 1. The Bertz CT molecular complexity index is 1120. The highest BCUT2D eigenvalue weighted by atomic mass is 16.6. The Kier molecular flexibility index (Phi) is 4.91. The number of carbonyl (C=O) groups excluding carboxylic acids is 1. The van der Waals surface area contributed by atoms with Crippen molar-refractivity contribution in [3.05, 3.63) is 85.8 Å². The van der Waals surface area contributed by atoms with Crippen LogP contribution in [-0.4, -0.2) is 31.9 Å². The van der Waals surface area contributed by atoms with Crippen LogP contribution in [0.4, 0.5) is 5.69 Å². The summed E-state index contributed by atoms with van der Waals surface area (Å²) in [4.78, 5) is 41.3. The first-order chi connectivity index (χ1) is 12.9. The van der Waals surface area contributed by atoms with E-state index in [4.69, 9.17) is 0 Å². The molecule has 3 rings (SSSR count). The molecular formula is C19H15N3O5. The number of benzene rings is 2. The van der Waals surface area contributed by atoms with Crippen LogP contribution in [0, 0.1) is 10.1 Å². The fourth-order valence-corrected chi connectivity index (χ4v) is 2.58. The van der Waals surface area contributed by atoms with Crippen LogP contribution in [0.5, 0.6) is 0 Å². The topological polar surface area (TPSA) is 126 Å². The smallest absolute Gasteiger partial charge is 0.278 e. The second kappa shape index (κ2) is 7.30. The molecule has 0 amide bonds. The number of nitro benzene ring substituents is 1. The van der Waals surface area contributed by atoms with Gasteiger partial charge in [0.2, 0.25) is 5.78 Å². The van der Waals surface area contributed by atoms with E-state index in [0.29, 0.717) is 5.57 Å². The predicted molar refractivity (Wildman–Crippen MR) is 99.4 cm³/mol. The van der Waals surface area contributed by atoms with E-state index < -0.39 is 28.1 Å². The highest BCUT2D eigenvalue weighted by molar-refractivity contribution is 6.01. The molecule has 2 N–H and O–H groups in total. The number of hydrogen-bond donors (Lipinski definition) is 2. The van der Waals surface area contributed by atoms with E-state index in [9.17, 15) is 24.8 Å². The summed E-state index contributed by atoms with van der Waals surface area (Å²) in [5, 5.41) is 21.1. The van der Waals surface area contributed by atoms with Gasteiger partial charge in [-0.15, -0.1) is 0 Å². The number of fused-ring (bicyclic) bond motifs is 1. The first kappa shape index (κ1) is 18.2. The second-order valence-corrected chi connectivity index (χ2v) is 5.94. The quantitative estimate of drug-likeness (QED) is 0.406. The molecule has 1 heterocycles. The van der Waals surface area contributed by atoms with Crippen molar-refractivity contribution >= 4 is 28.6 Å². The Morgan fingerprint density at radius 1 is 1.26 bits per heavy atom. The molecule has 3 aromatic rings. The highest BCUT2D eigenvalue weighted by Crippen LogP contribution is 2.18. The average molecular weight is 365 g/mol. The maximum absolute atomic E-state index is 12.5. The molecule has 8 nitrogen and oxygen atoms in total.